The minimum atomic E-state index is 0.552. The molecule has 3 heteroatoms. The molecule has 1 saturated heterocycles. The molecular formula is C9H20N2O. The van der Waals surface area contributed by atoms with Crippen molar-refractivity contribution < 1.29 is 4.84 Å². The predicted molar refractivity (Wildman–Crippen MR) is 49.9 cm³/mol. The maximum atomic E-state index is 5.49. The van der Waals surface area contributed by atoms with Crippen LogP contribution in [0.2, 0.25) is 0 Å². The molecule has 0 amide bonds. The van der Waals surface area contributed by atoms with E-state index < -0.39 is 0 Å². The maximum absolute atomic E-state index is 5.49. The van der Waals surface area contributed by atoms with Crippen LogP contribution < -0.4 is 5.32 Å². The smallest absolute Gasteiger partial charge is 0.0657 e. The van der Waals surface area contributed by atoms with E-state index in [0.717, 1.165) is 13.2 Å². The first kappa shape index (κ1) is 9.96. The van der Waals surface area contributed by atoms with Gasteiger partial charge in [0.05, 0.1) is 6.61 Å². The third kappa shape index (κ3) is 2.44. The summed E-state index contributed by atoms with van der Waals surface area (Å²) in [6.07, 6.45) is 2.39. The van der Waals surface area contributed by atoms with E-state index in [1.54, 1.807) is 0 Å². The second-order valence-electron chi connectivity index (χ2n) is 3.42. The molecule has 0 radical (unpaired) electrons. The Balaban J connectivity index is 2.31. The number of hydrogen-bond donors (Lipinski definition) is 1. The van der Waals surface area contributed by atoms with Crippen molar-refractivity contribution in [3.05, 3.63) is 0 Å². The molecule has 0 aromatic rings. The van der Waals surface area contributed by atoms with Gasteiger partial charge in [-0.1, -0.05) is 0 Å². The fourth-order valence-corrected chi connectivity index (χ4v) is 1.77. The molecule has 72 valence electrons. The Labute approximate surface area is 75.0 Å². The molecule has 12 heavy (non-hydrogen) atoms. The lowest BCUT2D eigenvalue weighted by Gasteiger charge is -2.36. The Kier molecular flexibility index (Phi) is 3.98. The summed E-state index contributed by atoms with van der Waals surface area (Å²) in [5, 5.41) is 5.42. The highest BCUT2D eigenvalue weighted by molar-refractivity contribution is 4.78. The van der Waals surface area contributed by atoms with Gasteiger partial charge in [0.25, 0.3) is 0 Å². The number of piperidine rings is 1. The van der Waals surface area contributed by atoms with E-state index >= 15 is 0 Å². The van der Waals surface area contributed by atoms with Gasteiger partial charge in [0.2, 0.25) is 0 Å². The molecule has 2 atom stereocenters. The molecular weight excluding hydrogens is 152 g/mol. The number of hydrogen-bond acceptors (Lipinski definition) is 3. The molecule has 0 aromatic carbocycles. The topological polar surface area (TPSA) is 24.5 Å². The molecule has 1 aliphatic rings. The fraction of sp³-hybridized carbons (Fsp3) is 1.00. The summed E-state index contributed by atoms with van der Waals surface area (Å²) >= 11 is 0. The summed E-state index contributed by atoms with van der Waals surface area (Å²) in [6.45, 7) is 6.10. The first-order valence-corrected chi connectivity index (χ1v) is 4.84. The van der Waals surface area contributed by atoms with Crippen molar-refractivity contribution in [2.45, 2.75) is 38.8 Å². The predicted octanol–water partition coefficient (Wildman–Crippen LogP) is 1.01. The van der Waals surface area contributed by atoms with Crippen molar-refractivity contribution in [3.8, 4) is 0 Å². The van der Waals surface area contributed by atoms with Crippen LogP contribution in [0.5, 0.6) is 0 Å². The second-order valence-corrected chi connectivity index (χ2v) is 3.42. The average Bonchev–Trinajstić information content (AvgIpc) is 2.09. The molecule has 0 aliphatic carbocycles. The SMILES string of the molecule is CCON1CCC(NC)CC1C. The number of nitrogens with one attached hydrogen (secondary N) is 1. The average molecular weight is 172 g/mol. The van der Waals surface area contributed by atoms with Gasteiger partial charge in [-0.2, -0.15) is 5.06 Å². The molecule has 1 rings (SSSR count). The highest BCUT2D eigenvalue weighted by Crippen LogP contribution is 2.16. The van der Waals surface area contributed by atoms with Gasteiger partial charge in [0.1, 0.15) is 0 Å². The van der Waals surface area contributed by atoms with Crippen molar-refractivity contribution >= 4 is 0 Å². The van der Waals surface area contributed by atoms with E-state index in [2.05, 4.69) is 17.3 Å². The minimum Gasteiger partial charge on any atom is -0.317 e. The zero-order valence-corrected chi connectivity index (χ0v) is 8.34. The summed E-state index contributed by atoms with van der Waals surface area (Å²) in [5.41, 5.74) is 0. The molecule has 0 aromatic heterocycles. The largest absolute Gasteiger partial charge is 0.317 e. The van der Waals surface area contributed by atoms with Crippen LogP contribution in [0.3, 0.4) is 0 Å². The van der Waals surface area contributed by atoms with Crippen LogP contribution in [-0.2, 0) is 4.84 Å². The Hall–Kier alpha value is -0.120. The lowest BCUT2D eigenvalue weighted by Crippen LogP contribution is -2.46. The monoisotopic (exact) mass is 172 g/mol. The highest BCUT2D eigenvalue weighted by Gasteiger charge is 2.24. The lowest BCUT2D eigenvalue weighted by atomic mass is 10.0. The summed E-state index contributed by atoms with van der Waals surface area (Å²) in [6, 6.07) is 1.23. The van der Waals surface area contributed by atoms with E-state index in [9.17, 15) is 0 Å². The number of nitrogens with zero attached hydrogens (tertiary/aromatic N) is 1. The third-order valence-corrected chi connectivity index (χ3v) is 2.52. The van der Waals surface area contributed by atoms with Crippen LogP contribution in [0.25, 0.3) is 0 Å². The van der Waals surface area contributed by atoms with Gasteiger partial charge >= 0.3 is 0 Å². The van der Waals surface area contributed by atoms with Gasteiger partial charge in [-0.25, -0.2) is 0 Å². The molecule has 1 aliphatic heterocycles. The molecule has 0 spiro atoms. The van der Waals surface area contributed by atoms with E-state index in [1.165, 1.54) is 12.8 Å². The zero-order valence-electron chi connectivity index (χ0n) is 8.34. The van der Waals surface area contributed by atoms with Gasteiger partial charge in [-0.15, -0.1) is 0 Å². The molecule has 0 saturated carbocycles. The van der Waals surface area contributed by atoms with Crippen LogP contribution >= 0.6 is 0 Å². The molecule has 1 fully saturated rings. The standard InChI is InChI=1S/C9H20N2O/c1-4-12-11-6-5-9(10-3)7-8(11)2/h8-10H,4-7H2,1-3H3. The molecule has 1 N–H and O–H groups in total. The number of hydroxylamine groups is 2. The number of rotatable bonds is 3. The quantitative estimate of drug-likeness (QED) is 0.687. The fourth-order valence-electron chi connectivity index (χ4n) is 1.77. The van der Waals surface area contributed by atoms with Gasteiger partial charge in [0.15, 0.2) is 0 Å². The van der Waals surface area contributed by atoms with Gasteiger partial charge in [-0.05, 0) is 33.7 Å². The zero-order chi connectivity index (χ0) is 8.97. The van der Waals surface area contributed by atoms with Crippen molar-refractivity contribution in [3.63, 3.8) is 0 Å². The lowest BCUT2D eigenvalue weighted by molar-refractivity contribution is -0.192. The van der Waals surface area contributed by atoms with Crippen LogP contribution in [0, 0.1) is 0 Å². The Morgan fingerprint density at radius 2 is 2.33 bits per heavy atom. The van der Waals surface area contributed by atoms with Crippen molar-refractivity contribution in [1.29, 1.82) is 0 Å². The van der Waals surface area contributed by atoms with E-state index in [0.29, 0.717) is 12.1 Å². The van der Waals surface area contributed by atoms with Crippen molar-refractivity contribution in [1.82, 2.24) is 10.4 Å². The van der Waals surface area contributed by atoms with Crippen LogP contribution in [0.15, 0.2) is 0 Å². The van der Waals surface area contributed by atoms with Crippen molar-refractivity contribution in [2.24, 2.45) is 0 Å². The summed E-state index contributed by atoms with van der Waals surface area (Å²) in [4.78, 5) is 5.49. The first-order valence-electron chi connectivity index (χ1n) is 4.84. The second kappa shape index (κ2) is 4.80. The van der Waals surface area contributed by atoms with Gasteiger partial charge < -0.3 is 5.32 Å². The normalized spacial score (nSPS) is 32.2. The van der Waals surface area contributed by atoms with Crippen LogP contribution in [0.4, 0.5) is 0 Å². The first-order chi connectivity index (χ1) is 5.77. The third-order valence-electron chi connectivity index (χ3n) is 2.52. The van der Waals surface area contributed by atoms with E-state index in [1.807, 2.05) is 14.0 Å². The van der Waals surface area contributed by atoms with Crippen LogP contribution in [-0.4, -0.2) is 37.3 Å². The van der Waals surface area contributed by atoms with E-state index in [4.69, 9.17) is 4.84 Å². The summed E-state index contributed by atoms with van der Waals surface area (Å²) in [5.74, 6) is 0. The highest BCUT2D eigenvalue weighted by atomic mass is 16.7. The van der Waals surface area contributed by atoms with Crippen LogP contribution in [0.1, 0.15) is 26.7 Å². The summed E-state index contributed by atoms with van der Waals surface area (Å²) in [7, 11) is 2.04. The molecule has 2 unspecified atom stereocenters. The molecule has 3 nitrogen and oxygen atoms in total. The Morgan fingerprint density at radius 1 is 1.58 bits per heavy atom. The molecule has 0 bridgehead atoms. The van der Waals surface area contributed by atoms with E-state index in [-0.39, 0.29) is 0 Å². The minimum absolute atomic E-state index is 0.552. The Morgan fingerprint density at radius 3 is 2.83 bits per heavy atom. The summed E-state index contributed by atoms with van der Waals surface area (Å²) < 4.78 is 0. The maximum Gasteiger partial charge on any atom is 0.0657 e. The molecule has 1 heterocycles. The Bertz CT molecular complexity index is 130. The van der Waals surface area contributed by atoms with Crippen molar-refractivity contribution in [2.75, 3.05) is 20.2 Å². The van der Waals surface area contributed by atoms with Gasteiger partial charge in [-0.3, -0.25) is 4.84 Å². The van der Waals surface area contributed by atoms with Gasteiger partial charge in [0, 0.05) is 18.6 Å².